The Labute approximate surface area is 120 Å². The van der Waals surface area contributed by atoms with E-state index >= 15 is 0 Å². The van der Waals surface area contributed by atoms with Crippen molar-refractivity contribution in [1.29, 1.82) is 0 Å². The highest BCUT2D eigenvalue weighted by atomic mass is 19.1. The van der Waals surface area contributed by atoms with E-state index in [-0.39, 0.29) is 5.82 Å². The quantitative estimate of drug-likeness (QED) is 0.810. The second kappa shape index (κ2) is 6.19. The molecule has 0 aliphatic carbocycles. The molecule has 2 aromatic carbocycles. The predicted octanol–water partition coefficient (Wildman–Crippen LogP) is 4.03. The first-order valence-electron chi connectivity index (χ1n) is 7.34. The monoisotopic (exact) mass is 269 g/mol. The molecular weight excluding hydrogens is 249 g/mol. The van der Waals surface area contributed by atoms with Gasteiger partial charge >= 0.3 is 0 Å². The SMILES string of the molecule is Fc1ccccc1CN1CCC[C@H]1Cc1ccccc1. The minimum atomic E-state index is -0.0853. The van der Waals surface area contributed by atoms with Crippen LogP contribution in [-0.2, 0) is 13.0 Å². The summed E-state index contributed by atoms with van der Waals surface area (Å²) in [5.41, 5.74) is 2.19. The Hall–Kier alpha value is -1.67. The average Bonchev–Trinajstić information content (AvgIpc) is 2.90. The van der Waals surface area contributed by atoms with E-state index in [1.807, 2.05) is 12.1 Å². The minimum absolute atomic E-state index is 0.0853. The highest BCUT2D eigenvalue weighted by Gasteiger charge is 2.25. The van der Waals surface area contributed by atoms with Gasteiger partial charge in [0.1, 0.15) is 5.82 Å². The average molecular weight is 269 g/mol. The normalized spacial score (nSPS) is 19.4. The molecule has 1 nitrogen and oxygen atoms in total. The zero-order chi connectivity index (χ0) is 13.8. The number of rotatable bonds is 4. The van der Waals surface area contributed by atoms with Crippen molar-refractivity contribution in [1.82, 2.24) is 4.90 Å². The predicted molar refractivity (Wildman–Crippen MR) is 80.0 cm³/mol. The summed E-state index contributed by atoms with van der Waals surface area (Å²) in [7, 11) is 0. The minimum Gasteiger partial charge on any atom is -0.296 e. The maximum atomic E-state index is 13.8. The lowest BCUT2D eigenvalue weighted by atomic mass is 10.0. The molecule has 3 rings (SSSR count). The van der Waals surface area contributed by atoms with Crippen LogP contribution in [0.15, 0.2) is 54.6 Å². The molecule has 0 spiro atoms. The fourth-order valence-electron chi connectivity index (χ4n) is 3.07. The number of nitrogens with zero attached hydrogens (tertiary/aromatic N) is 1. The largest absolute Gasteiger partial charge is 0.296 e. The Morgan fingerprint density at radius 1 is 1.00 bits per heavy atom. The fourth-order valence-corrected chi connectivity index (χ4v) is 3.07. The van der Waals surface area contributed by atoms with E-state index in [4.69, 9.17) is 0 Å². The van der Waals surface area contributed by atoms with Crippen molar-refractivity contribution in [2.45, 2.75) is 31.8 Å². The molecule has 1 aliphatic rings. The Kier molecular flexibility index (Phi) is 4.12. The molecule has 0 N–H and O–H groups in total. The summed E-state index contributed by atoms with van der Waals surface area (Å²) < 4.78 is 13.8. The second-order valence-corrected chi connectivity index (χ2v) is 5.55. The van der Waals surface area contributed by atoms with Gasteiger partial charge in [0, 0.05) is 18.2 Å². The first-order chi connectivity index (χ1) is 9.83. The second-order valence-electron chi connectivity index (χ2n) is 5.55. The van der Waals surface area contributed by atoms with Crippen molar-refractivity contribution in [2.75, 3.05) is 6.54 Å². The topological polar surface area (TPSA) is 3.24 Å². The summed E-state index contributed by atoms with van der Waals surface area (Å²) in [6.45, 7) is 1.80. The third kappa shape index (κ3) is 3.07. The molecule has 0 amide bonds. The molecule has 0 bridgehead atoms. The summed E-state index contributed by atoms with van der Waals surface area (Å²) in [6, 6.07) is 18.2. The number of hydrogen-bond acceptors (Lipinski definition) is 1. The van der Waals surface area contributed by atoms with E-state index in [1.54, 1.807) is 12.1 Å². The first kappa shape index (κ1) is 13.3. The smallest absolute Gasteiger partial charge is 0.127 e. The van der Waals surface area contributed by atoms with Crippen molar-refractivity contribution in [3.8, 4) is 0 Å². The van der Waals surface area contributed by atoms with Gasteiger partial charge in [-0.2, -0.15) is 0 Å². The van der Waals surface area contributed by atoms with Crippen LogP contribution in [0.2, 0.25) is 0 Å². The number of hydrogen-bond donors (Lipinski definition) is 0. The van der Waals surface area contributed by atoms with Crippen LogP contribution in [0.25, 0.3) is 0 Å². The molecular formula is C18H20FN. The van der Waals surface area contributed by atoms with Crippen LogP contribution >= 0.6 is 0 Å². The lowest BCUT2D eigenvalue weighted by molar-refractivity contribution is 0.241. The molecule has 0 saturated carbocycles. The molecule has 1 fully saturated rings. The van der Waals surface area contributed by atoms with Gasteiger partial charge in [-0.3, -0.25) is 4.90 Å². The van der Waals surface area contributed by atoms with Crippen LogP contribution < -0.4 is 0 Å². The van der Waals surface area contributed by atoms with Gasteiger partial charge in [0.15, 0.2) is 0 Å². The zero-order valence-corrected chi connectivity index (χ0v) is 11.6. The van der Waals surface area contributed by atoms with Gasteiger partial charge < -0.3 is 0 Å². The van der Waals surface area contributed by atoms with Gasteiger partial charge in [-0.15, -0.1) is 0 Å². The summed E-state index contributed by atoms with van der Waals surface area (Å²) in [5.74, 6) is -0.0853. The van der Waals surface area contributed by atoms with Gasteiger partial charge in [-0.1, -0.05) is 48.5 Å². The van der Waals surface area contributed by atoms with Gasteiger partial charge in [0.2, 0.25) is 0 Å². The summed E-state index contributed by atoms with van der Waals surface area (Å²) in [5, 5.41) is 0. The third-order valence-electron chi connectivity index (χ3n) is 4.14. The number of likely N-dealkylation sites (tertiary alicyclic amines) is 1. The van der Waals surface area contributed by atoms with Crippen LogP contribution in [-0.4, -0.2) is 17.5 Å². The molecule has 0 unspecified atom stereocenters. The lowest BCUT2D eigenvalue weighted by Gasteiger charge is -2.24. The molecule has 1 heterocycles. The fraction of sp³-hybridized carbons (Fsp3) is 0.333. The van der Waals surface area contributed by atoms with E-state index in [9.17, 15) is 4.39 Å². The van der Waals surface area contributed by atoms with Gasteiger partial charge in [-0.05, 0) is 37.4 Å². The summed E-state index contributed by atoms with van der Waals surface area (Å²) in [6.07, 6.45) is 3.49. The molecule has 1 saturated heterocycles. The highest BCUT2D eigenvalue weighted by molar-refractivity contribution is 5.19. The highest BCUT2D eigenvalue weighted by Crippen LogP contribution is 2.24. The molecule has 2 heteroatoms. The van der Waals surface area contributed by atoms with E-state index in [2.05, 4.69) is 35.2 Å². The van der Waals surface area contributed by atoms with E-state index in [1.165, 1.54) is 18.4 Å². The number of benzene rings is 2. The molecule has 0 aromatic heterocycles. The Morgan fingerprint density at radius 2 is 1.75 bits per heavy atom. The maximum absolute atomic E-state index is 13.8. The maximum Gasteiger partial charge on any atom is 0.127 e. The van der Waals surface area contributed by atoms with Crippen LogP contribution in [0.4, 0.5) is 4.39 Å². The Morgan fingerprint density at radius 3 is 2.55 bits per heavy atom. The Bertz CT molecular complexity index is 552. The molecule has 2 aromatic rings. The van der Waals surface area contributed by atoms with Crippen LogP contribution in [0.5, 0.6) is 0 Å². The molecule has 1 atom stereocenters. The van der Waals surface area contributed by atoms with Gasteiger partial charge in [-0.25, -0.2) is 4.39 Å². The van der Waals surface area contributed by atoms with Gasteiger partial charge in [0.05, 0.1) is 0 Å². The van der Waals surface area contributed by atoms with Crippen LogP contribution in [0.3, 0.4) is 0 Å². The lowest BCUT2D eigenvalue weighted by Crippen LogP contribution is -2.30. The van der Waals surface area contributed by atoms with Crippen molar-refractivity contribution < 1.29 is 4.39 Å². The van der Waals surface area contributed by atoms with Crippen molar-refractivity contribution >= 4 is 0 Å². The van der Waals surface area contributed by atoms with E-state index in [0.29, 0.717) is 6.04 Å². The van der Waals surface area contributed by atoms with E-state index < -0.39 is 0 Å². The van der Waals surface area contributed by atoms with Crippen molar-refractivity contribution in [3.05, 3.63) is 71.5 Å². The molecule has 20 heavy (non-hydrogen) atoms. The van der Waals surface area contributed by atoms with Crippen molar-refractivity contribution in [3.63, 3.8) is 0 Å². The zero-order valence-electron chi connectivity index (χ0n) is 11.6. The summed E-state index contributed by atoms with van der Waals surface area (Å²) in [4.78, 5) is 2.42. The first-order valence-corrected chi connectivity index (χ1v) is 7.34. The Balaban J connectivity index is 1.68. The van der Waals surface area contributed by atoms with Crippen LogP contribution in [0.1, 0.15) is 24.0 Å². The number of halogens is 1. The molecule has 104 valence electrons. The molecule has 0 radical (unpaired) electrons. The standard InChI is InChI=1S/C18H20FN/c19-18-11-5-4-9-16(18)14-20-12-6-10-17(20)13-15-7-2-1-3-8-15/h1-5,7-9,11,17H,6,10,12-14H2/t17-/m0/s1. The van der Waals surface area contributed by atoms with E-state index in [0.717, 1.165) is 25.1 Å². The van der Waals surface area contributed by atoms with Crippen LogP contribution in [0, 0.1) is 5.82 Å². The summed E-state index contributed by atoms with van der Waals surface area (Å²) >= 11 is 0. The third-order valence-corrected chi connectivity index (χ3v) is 4.14. The van der Waals surface area contributed by atoms with Crippen molar-refractivity contribution in [2.24, 2.45) is 0 Å². The molecule has 1 aliphatic heterocycles. The van der Waals surface area contributed by atoms with Gasteiger partial charge in [0.25, 0.3) is 0 Å².